The Morgan fingerprint density at radius 1 is 1.25 bits per heavy atom. The molecule has 1 saturated carbocycles. The number of amides is 3. The number of urea groups is 1. The molecule has 1 aliphatic carbocycles. The van der Waals surface area contributed by atoms with Crippen LogP contribution in [-0.4, -0.2) is 18.5 Å². The zero-order valence-corrected chi connectivity index (χ0v) is 11.1. The van der Waals surface area contributed by atoms with E-state index in [2.05, 4.69) is 5.32 Å². The van der Waals surface area contributed by atoms with Gasteiger partial charge in [0.15, 0.2) is 0 Å². The largest absolute Gasteiger partial charge is 0.336 e. The van der Waals surface area contributed by atoms with Gasteiger partial charge in [0.1, 0.15) is 0 Å². The molecule has 3 rings (SSSR count). The second-order valence-electron chi connectivity index (χ2n) is 5.45. The summed E-state index contributed by atoms with van der Waals surface area (Å²) < 4.78 is 0. The maximum Gasteiger partial charge on any atom is 0.328 e. The van der Waals surface area contributed by atoms with Crippen molar-refractivity contribution < 1.29 is 9.59 Å². The van der Waals surface area contributed by atoms with E-state index in [1.807, 2.05) is 6.07 Å². The normalized spacial score (nSPS) is 20.9. The average Bonchev–Trinajstić information content (AvgIpc) is 2.94. The summed E-state index contributed by atoms with van der Waals surface area (Å²) in [5.41, 5.74) is 0.461. The third-order valence-electron chi connectivity index (χ3n) is 4.23. The van der Waals surface area contributed by atoms with Crippen molar-refractivity contribution in [1.82, 2.24) is 5.32 Å². The summed E-state index contributed by atoms with van der Waals surface area (Å²) in [6.07, 6.45) is 3.68. The Morgan fingerprint density at radius 2 is 2.00 bits per heavy atom. The van der Waals surface area contributed by atoms with E-state index in [4.69, 9.17) is 5.26 Å². The second-order valence-corrected chi connectivity index (χ2v) is 5.45. The Hall–Kier alpha value is -2.35. The van der Waals surface area contributed by atoms with Crippen molar-refractivity contribution in [2.75, 3.05) is 11.4 Å². The minimum atomic E-state index is -0.448. The van der Waals surface area contributed by atoms with E-state index in [1.165, 1.54) is 4.90 Å². The molecule has 3 amide bonds. The number of nitrogens with zero attached hydrogens (tertiary/aromatic N) is 2. The van der Waals surface area contributed by atoms with Crippen LogP contribution in [0.5, 0.6) is 0 Å². The summed E-state index contributed by atoms with van der Waals surface area (Å²) in [6.45, 7) is 0.430. The molecule has 0 aromatic heterocycles. The summed E-state index contributed by atoms with van der Waals surface area (Å²) in [6, 6.07) is 8.23. The van der Waals surface area contributed by atoms with Gasteiger partial charge in [0.25, 0.3) is 0 Å². The van der Waals surface area contributed by atoms with Gasteiger partial charge in [0.2, 0.25) is 5.91 Å². The highest BCUT2D eigenvalue weighted by Gasteiger charge is 2.49. The lowest BCUT2D eigenvalue weighted by molar-refractivity contribution is -0.127. The average molecular weight is 269 g/mol. The van der Waals surface area contributed by atoms with Gasteiger partial charge in [0, 0.05) is 6.54 Å². The molecule has 102 valence electrons. The van der Waals surface area contributed by atoms with E-state index in [0.29, 0.717) is 17.8 Å². The molecule has 5 heteroatoms. The Bertz CT molecular complexity index is 612. The molecule has 1 heterocycles. The molecule has 0 unspecified atom stereocenters. The Balaban J connectivity index is 1.99. The summed E-state index contributed by atoms with van der Waals surface area (Å²) in [5.74, 6) is -0.131. The van der Waals surface area contributed by atoms with E-state index in [9.17, 15) is 9.59 Å². The topological polar surface area (TPSA) is 73.2 Å². The van der Waals surface area contributed by atoms with Crippen LogP contribution >= 0.6 is 0 Å². The lowest BCUT2D eigenvalue weighted by atomic mass is 9.83. The van der Waals surface area contributed by atoms with Crippen LogP contribution in [0.4, 0.5) is 10.5 Å². The van der Waals surface area contributed by atoms with Crippen molar-refractivity contribution in [2.45, 2.75) is 25.7 Å². The van der Waals surface area contributed by atoms with Gasteiger partial charge in [-0.25, -0.2) is 9.69 Å². The molecule has 1 N–H and O–H groups in total. The fraction of sp³-hybridized carbons (Fsp3) is 0.400. The number of benzene rings is 1. The molecule has 2 fully saturated rings. The molecule has 0 radical (unpaired) electrons. The van der Waals surface area contributed by atoms with Gasteiger partial charge in [-0.15, -0.1) is 0 Å². The van der Waals surface area contributed by atoms with Gasteiger partial charge in [-0.3, -0.25) is 4.79 Å². The standard InChI is InChI=1S/C15H15N3O2/c16-9-11-4-3-5-12(8-11)18-13(19)15(6-1-2-7-15)10-17-14(18)20/h3-5,8H,1-2,6-7,10H2,(H,17,20). The van der Waals surface area contributed by atoms with Crippen molar-refractivity contribution in [3.05, 3.63) is 29.8 Å². The fourth-order valence-corrected chi connectivity index (χ4v) is 3.12. The monoisotopic (exact) mass is 269 g/mol. The highest BCUT2D eigenvalue weighted by Crippen LogP contribution is 2.41. The summed E-state index contributed by atoms with van der Waals surface area (Å²) in [4.78, 5) is 26.0. The molecule has 1 saturated heterocycles. The zero-order valence-electron chi connectivity index (χ0n) is 11.1. The minimum Gasteiger partial charge on any atom is -0.336 e. The number of nitrogens with one attached hydrogen (secondary N) is 1. The van der Waals surface area contributed by atoms with Gasteiger partial charge in [-0.05, 0) is 31.0 Å². The minimum absolute atomic E-state index is 0.131. The third kappa shape index (κ3) is 1.85. The smallest absolute Gasteiger partial charge is 0.328 e. The van der Waals surface area contributed by atoms with Gasteiger partial charge in [-0.2, -0.15) is 5.26 Å². The SMILES string of the molecule is N#Cc1cccc(N2C(=O)NCC3(CCCC3)C2=O)c1. The fourth-order valence-electron chi connectivity index (χ4n) is 3.12. The molecule has 1 aromatic rings. The highest BCUT2D eigenvalue weighted by molar-refractivity contribution is 6.18. The van der Waals surface area contributed by atoms with Crippen LogP contribution in [0.2, 0.25) is 0 Å². The number of imide groups is 1. The van der Waals surface area contributed by atoms with Gasteiger partial charge in [-0.1, -0.05) is 18.9 Å². The maximum absolute atomic E-state index is 12.7. The lowest BCUT2D eigenvalue weighted by Crippen LogP contribution is -2.60. The number of hydrogen-bond donors (Lipinski definition) is 1. The van der Waals surface area contributed by atoms with E-state index < -0.39 is 11.4 Å². The number of carbonyl (C=O) groups excluding carboxylic acids is 2. The van der Waals surface area contributed by atoms with Crippen molar-refractivity contribution in [3.8, 4) is 6.07 Å². The van der Waals surface area contributed by atoms with Gasteiger partial charge < -0.3 is 5.32 Å². The van der Waals surface area contributed by atoms with Gasteiger partial charge >= 0.3 is 6.03 Å². The van der Waals surface area contributed by atoms with Crippen molar-refractivity contribution in [3.63, 3.8) is 0 Å². The lowest BCUT2D eigenvalue weighted by Gasteiger charge is -2.38. The molecule has 2 aliphatic rings. The van der Waals surface area contributed by atoms with Crippen LogP contribution in [-0.2, 0) is 4.79 Å². The predicted molar refractivity (Wildman–Crippen MR) is 72.9 cm³/mol. The van der Waals surface area contributed by atoms with Crippen LogP contribution in [0.25, 0.3) is 0 Å². The van der Waals surface area contributed by atoms with E-state index in [-0.39, 0.29) is 5.91 Å². The van der Waals surface area contributed by atoms with E-state index >= 15 is 0 Å². The molecular weight excluding hydrogens is 254 g/mol. The third-order valence-corrected chi connectivity index (χ3v) is 4.23. The first kappa shape index (κ1) is 12.7. The maximum atomic E-state index is 12.7. The molecular formula is C15H15N3O2. The van der Waals surface area contributed by atoms with Crippen LogP contribution in [0, 0.1) is 16.7 Å². The molecule has 1 spiro atoms. The van der Waals surface area contributed by atoms with Crippen LogP contribution < -0.4 is 10.2 Å². The number of carbonyl (C=O) groups is 2. The van der Waals surface area contributed by atoms with Gasteiger partial charge in [0.05, 0.1) is 22.7 Å². The molecule has 1 aromatic carbocycles. The van der Waals surface area contributed by atoms with Crippen molar-refractivity contribution in [1.29, 1.82) is 5.26 Å². The zero-order chi connectivity index (χ0) is 14.2. The van der Waals surface area contributed by atoms with Crippen LogP contribution in [0.1, 0.15) is 31.2 Å². The Kier molecular flexibility index (Phi) is 2.94. The number of anilines is 1. The first-order chi connectivity index (χ1) is 9.66. The molecule has 0 bridgehead atoms. The van der Waals surface area contributed by atoms with Crippen LogP contribution in [0.15, 0.2) is 24.3 Å². The molecule has 1 aliphatic heterocycles. The summed E-state index contributed by atoms with van der Waals surface area (Å²) >= 11 is 0. The highest BCUT2D eigenvalue weighted by atomic mass is 16.2. The number of hydrogen-bond acceptors (Lipinski definition) is 3. The molecule has 20 heavy (non-hydrogen) atoms. The first-order valence-electron chi connectivity index (χ1n) is 6.79. The Morgan fingerprint density at radius 3 is 2.70 bits per heavy atom. The first-order valence-corrected chi connectivity index (χ1v) is 6.79. The molecule has 5 nitrogen and oxygen atoms in total. The summed E-state index contributed by atoms with van der Waals surface area (Å²) in [5, 5.41) is 11.8. The number of nitriles is 1. The quantitative estimate of drug-likeness (QED) is 0.849. The second kappa shape index (κ2) is 4.64. The summed E-state index contributed by atoms with van der Waals surface area (Å²) in [7, 11) is 0. The van der Waals surface area contributed by atoms with Crippen molar-refractivity contribution >= 4 is 17.6 Å². The van der Waals surface area contributed by atoms with Crippen LogP contribution in [0.3, 0.4) is 0 Å². The van der Waals surface area contributed by atoms with E-state index in [0.717, 1.165) is 25.7 Å². The predicted octanol–water partition coefficient (Wildman–Crippen LogP) is 2.17. The molecule has 0 atom stereocenters. The Labute approximate surface area is 117 Å². The van der Waals surface area contributed by atoms with E-state index in [1.54, 1.807) is 24.3 Å². The number of rotatable bonds is 1. The van der Waals surface area contributed by atoms with Crippen molar-refractivity contribution in [2.24, 2.45) is 5.41 Å².